The predicted molar refractivity (Wildman–Crippen MR) is 60.9 cm³/mol. The lowest BCUT2D eigenvalue weighted by molar-refractivity contribution is -0.137. The van der Waals surface area contributed by atoms with Crippen LogP contribution in [0.2, 0.25) is 0 Å². The molecule has 104 valence electrons. The van der Waals surface area contributed by atoms with E-state index in [-0.39, 0.29) is 11.3 Å². The third-order valence-electron chi connectivity index (χ3n) is 2.46. The first kappa shape index (κ1) is 13.9. The normalized spacial score (nSPS) is 11.4. The van der Waals surface area contributed by atoms with E-state index >= 15 is 0 Å². The van der Waals surface area contributed by atoms with Gasteiger partial charge in [-0.05, 0) is 12.1 Å². The van der Waals surface area contributed by atoms with Crippen molar-refractivity contribution < 1.29 is 22.4 Å². The molecule has 20 heavy (non-hydrogen) atoms. The molecule has 4 nitrogen and oxygen atoms in total. The lowest BCUT2D eigenvalue weighted by Gasteiger charge is -2.10. The van der Waals surface area contributed by atoms with Crippen molar-refractivity contribution in [2.75, 3.05) is 0 Å². The minimum Gasteiger partial charge on any atom is -0.366 e. The number of rotatable bonds is 2. The molecule has 2 aromatic rings. The van der Waals surface area contributed by atoms with E-state index in [2.05, 4.69) is 9.97 Å². The van der Waals surface area contributed by atoms with Crippen LogP contribution in [0.3, 0.4) is 0 Å². The maximum absolute atomic E-state index is 13.1. The van der Waals surface area contributed by atoms with E-state index in [9.17, 15) is 22.4 Å². The van der Waals surface area contributed by atoms with Crippen molar-refractivity contribution in [2.45, 2.75) is 6.18 Å². The third-order valence-corrected chi connectivity index (χ3v) is 2.46. The number of amides is 1. The number of hydrogen-bond donors (Lipinski definition) is 1. The minimum absolute atomic E-state index is 0.0625. The van der Waals surface area contributed by atoms with Gasteiger partial charge in [-0.3, -0.25) is 14.8 Å². The number of carbonyl (C=O) groups is 1. The Morgan fingerprint density at radius 3 is 2.40 bits per heavy atom. The van der Waals surface area contributed by atoms with Gasteiger partial charge in [0.2, 0.25) is 0 Å². The summed E-state index contributed by atoms with van der Waals surface area (Å²) in [6.07, 6.45) is -2.02. The number of aromatic nitrogens is 2. The van der Waals surface area contributed by atoms with Crippen molar-refractivity contribution in [1.82, 2.24) is 9.97 Å². The summed E-state index contributed by atoms with van der Waals surface area (Å²) in [7, 11) is 0. The van der Waals surface area contributed by atoms with E-state index < -0.39 is 29.0 Å². The predicted octanol–water partition coefficient (Wildman–Crippen LogP) is 2.40. The summed E-state index contributed by atoms with van der Waals surface area (Å²) in [5.41, 5.74) is 3.39. The Balaban J connectivity index is 2.62. The summed E-state index contributed by atoms with van der Waals surface area (Å²) >= 11 is 0. The largest absolute Gasteiger partial charge is 0.417 e. The topological polar surface area (TPSA) is 68.9 Å². The summed E-state index contributed by atoms with van der Waals surface area (Å²) in [4.78, 5) is 18.4. The number of hydrogen-bond acceptors (Lipinski definition) is 3. The molecule has 0 aliphatic heterocycles. The van der Waals surface area contributed by atoms with Gasteiger partial charge in [0.25, 0.3) is 5.91 Å². The van der Waals surface area contributed by atoms with Crippen molar-refractivity contribution in [1.29, 1.82) is 0 Å². The van der Waals surface area contributed by atoms with Crippen LogP contribution in [0, 0.1) is 5.82 Å². The molecule has 0 spiro atoms. The SMILES string of the molecule is NC(=O)c1cc(C(F)(F)F)cnc1-c1cncc(F)c1. The zero-order valence-electron chi connectivity index (χ0n) is 9.78. The quantitative estimate of drug-likeness (QED) is 0.861. The molecule has 8 heteroatoms. The van der Waals surface area contributed by atoms with Gasteiger partial charge in [0, 0.05) is 18.0 Å². The Morgan fingerprint density at radius 2 is 1.85 bits per heavy atom. The standard InChI is InChI=1S/C12H7F4N3O/c13-8-1-6(3-18-5-8)10-9(11(17)20)2-7(4-19-10)12(14,15)16/h1-5H,(H2,17,20). The highest BCUT2D eigenvalue weighted by Gasteiger charge is 2.32. The first-order chi connectivity index (χ1) is 9.29. The summed E-state index contributed by atoms with van der Waals surface area (Å²) in [6.45, 7) is 0. The van der Waals surface area contributed by atoms with Gasteiger partial charge in [0.15, 0.2) is 0 Å². The van der Waals surface area contributed by atoms with E-state index in [0.717, 1.165) is 12.3 Å². The first-order valence-corrected chi connectivity index (χ1v) is 5.27. The molecule has 0 saturated carbocycles. The average molecular weight is 285 g/mol. The molecule has 0 aliphatic rings. The van der Waals surface area contributed by atoms with Gasteiger partial charge in [-0.25, -0.2) is 4.39 Å². The maximum Gasteiger partial charge on any atom is 0.417 e. The lowest BCUT2D eigenvalue weighted by Crippen LogP contribution is -2.16. The summed E-state index contributed by atoms with van der Waals surface area (Å²) < 4.78 is 50.8. The Hall–Kier alpha value is -2.51. The molecule has 2 rings (SSSR count). The van der Waals surface area contributed by atoms with Gasteiger partial charge in [-0.15, -0.1) is 0 Å². The van der Waals surface area contributed by atoms with Gasteiger partial charge < -0.3 is 5.73 Å². The van der Waals surface area contributed by atoms with Crippen molar-refractivity contribution in [3.63, 3.8) is 0 Å². The smallest absolute Gasteiger partial charge is 0.366 e. The second kappa shape index (κ2) is 4.87. The van der Waals surface area contributed by atoms with E-state index in [1.54, 1.807) is 0 Å². The summed E-state index contributed by atoms with van der Waals surface area (Å²) in [6, 6.07) is 1.57. The van der Waals surface area contributed by atoms with E-state index in [1.165, 1.54) is 6.20 Å². The third kappa shape index (κ3) is 2.73. The molecule has 0 aliphatic carbocycles. The van der Waals surface area contributed by atoms with Crippen LogP contribution in [-0.2, 0) is 6.18 Å². The molecular weight excluding hydrogens is 278 g/mol. The summed E-state index contributed by atoms with van der Waals surface area (Å²) in [5, 5.41) is 0. The Kier molecular flexibility index (Phi) is 3.39. The molecule has 0 unspecified atom stereocenters. The number of nitrogens with zero attached hydrogens (tertiary/aromatic N) is 2. The van der Waals surface area contributed by atoms with Crippen LogP contribution in [-0.4, -0.2) is 15.9 Å². The number of halogens is 4. The molecule has 2 aromatic heterocycles. The zero-order chi connectivity index (χ0) is 14.9. The average Bonchev–Trinajstić information content (AvgIpc) is 2.37. The second-order valence-corrected chi connectivity index (χ2v) is 3.87. The second-order valence-electron chi connectivity index (χ2n) is 3.87. The van der Waals surface area contributed by atoms with Crippen LogP contribution in [0.1, 0.15) is 15.9 Å². The van der Waals surface area contributed by atoms with Crippen molar-refractivity contribution in [3.05, 3.63) is 47.7 Å². The molecule has 0 radical (unpaired) electrons. The van der Waals surface area contributed by atoms with Crippen LogP contribution in [0.5, 0.6) is 0 Å². The van der Waals surface area contributed by atoms with Crippen LogP contribution in [0.25, 0.3) is 11.3 Å². The molecule has 0 saturated heterocycles. The zero-order valence-corrected chi connectivity index (χ0v) is 9.78. The molecule has 0 bridgehead atoms. The van der Waals surface area contributed by atoms with E-state index in [1.807, 2.05) is 0 Å². The highest BCUT2D eigenvalue weighted by molar-refractivity contribution is 5.98. The first-order valence-electron chi connectivity index (χ1n) is 5.27. The van der Waals surface area contributed by atoms with Crippen LogP contribution < -0.4 is 5.73 Å². The lowest BCUT2D eigenvalue weighted by atomic mass is 10.0. The molecule has 0 atom stereocenters. The Morgan fingerprint density at radius 1 is 1.15 bits per heavy atom. The minimum atomic E-state index is -4.66. The molecule has 2 heterocycles. The number of carbonyl (C=O) groups excluding carboxylic acids is 1. The monoisotopic (exact) mass is 285 g/mol. The number of primary amides is 1. The fourth-order valence-electron chi connectivity index (χ4n) is 1.58. The van der Waals surface area contributed by atoms with E-state index in [0.29, 0.717) is 12.3 Å². The van der Waals surface area contributed by atoms with Crippen LogP contribution >= 0.6 is 0 Å². The fourth-order valence-corrected chi connectivity index (χ4v) is 1.58. The van der Waals surface area contributed by atoms with Gasteiger partial charge in [0.1, 0.15) is 5.82 Å². The van der Waals surface area contributed by atoms with Crippen LogP contribution in [0.4, 0.5) is 17.6 Å². The number of alkyl halides is 3. The molecule has 1 amide bonds. The van der Waals surface area contributed by atoms with Gasteiger partial charge in [-0.2, -0.15) is 13.2 Å². The van der Waals surface area contributed by atoms with E-state index in [4.69, 9.17) is 5.73 Å². The van der Waals surface area contributed by atoms with Gasteiger partial charge in [0.05, 0.1) is 23.0 Å². The molecule has 0 aromatic carbocycles. The van der Waals surface area contributed by atoms with Gasteiger partial charge >= 0.3 is 6.18 Å². The molecular formula is C12H7F4N3O. The Bertz CT molecular complexity index is 670. The summed E-state index contributed by atoms with van der Waals surface area (Å²) in [5.74, 6) is -1.80. The highest BCUT2D eigenvalue weighted by Crippen LogP contribution is 2.31. The van der Waals surface area contributed by atoms with Crippen molar-refractivity contribution in [3.8, 4) is 11.3 Å². The fraction of sp³-hybridized carbons (Fsp3) is 0.0833. The maximum atomic E-state index is 13.1. The van der Waals surface area contributed by atoms with Crippen molar-refractivity contribution >= 4 is 5.91 Å². The number of pyridine rings is 2. The Labute approximate surface area is 110 Å². The van der Waals surface area contributed by atoms with Gasteiger partial charge in [-0.1, -0.05) is 0 Å². The highest BCUT2D eigenvalue weighted by atomic mass is 19.4. The van der Waals surface area contributed by atoms with Crippen molar-refractivity contribution in [2.24, 2.45) is 5.73 Å². The van der Waals surface area contributed by atoms with Crippen LogP contribution in [0.15, 0.2) is 30.7 Å². The molecule has 2 N–H and O–H groups in total. The number of nitrogens with two attached hydrogens (primary N) is 1. The molecule has 0 fully saturated rings.